The highest BCUT2D eigenvalue weighted by Gasteiger charge is 2.32. The summed E-state index contributed by atoms with van der Waals surface area (Å²) < 4.78 is 4.81. The number of methoxy groups -OCH3 is 1. The molecule has 0 saturated carbocycles. The molecule has 1 saturated heterocycles. The van der Waals surface area contributed by atoms with Crippen molar-refractivity contribution in [3.8, 4) is 0 Å². The van der Waals surface area contributed by atoms with Crippen LogP contribution in [0.2, 0.25) is 0 Å². The van der Waals surface area contributed by atoms with Gasteiger partial charge in [0.2, 0.25) is 0 Å². The van der Waals surface area contributed by atoms with E-state index in [2.05, 4.69) is 32.0 Å². The van der Waals surface area contributed by atoms with Crippen LogP contribution in [0.15, 0.2) is 18.2 Å². The fourth-order valence-electron chi connectivity index (χ4n) is 3.23. The second-order valence-electron chi connectivity index (χ2n) is 5.73. The summed E-state index contributed by atoms with van der Waals surface area (Å²) in [7, 11) is 1.43. The van der Waals surface area contributed by atoms with Crippen molar-refractivity contribution in [3.05, 3.63) is 34.9 Å². The highest BCUT2D eigenvalue weighted by Crippen LogP contribution is 2.33. The van der Waals surface area contributed by atoms with E-state index >= 15 is 0 Å². The first-order valence-electron chi connectivity index (χ1n) is 7.16. The molecule has 0 spiro atoms. The molecule has 1 fully saturated rings. The van der Waals surface area contributed by atoms with Crippen LogP contribution in [0.5, 0.6) is 0 Å². The van der Waals surface area contributed by atoms with Gasteiger partial charge in [-0.3, -0.25) is 0 Å². The van der Waals surface area contributed by atoms with Crippen molar-refractivity contribution >= 4 is 6.09 Å². The average molecular weight is 276 g/mol. The maximum absolute atomic E-state index is 11.6. The number of nitrogens with zero attached hydrogens (tertiary/aromatic N) is 1. The van der Waals surface area contributed by atoms with E-state index in [1.54, 1.807) is 4.90 Å². The van der Waals surface area contributed by atoms with Gasteiger partial charge in [0.05, 0.1) is 7.11 Å². The lowest BCUT2D eigenvalue weighted by Gasteiger charge is -2.37. The van der Waals surface area contributed by atoms with Crippen LogP contribution in [0.4, 0.5) is 4.79 Å². The van der Waals surface area contributed by atoms with E-state index in [1.807, 2.05) is 0 Å². The Morgan fingerprint density at radius 1 is 1.35 bits per heavy atom. The van der Waals surface area contributed by atoms with E-state index in [1.165, 1.54) is 23.8 Å². The fourth-order valence-corrected chi connectivity index (χ4v) is 3.23. The maximum atomic E-state index is 11.6. The first kappa shape index (κ1) is 14.9. The number of amides is 1. The number of carbonyl (C=O) groups excluding carboxylic acids is 1. The van der Waals surface area contributed by atoms with Crippen molar-refractivity contribution in [2.24, 2.45) is 11.7 Å². The van der Waals surface area contributed by atoms with E-state index in [9.17, 15) is 4.79 Å². The molecule has 4 nitrogen and oxygen atoms in total. The number of benzene rings is 1. The molecule has 2 N–H and O–H groups in total. The Hall–Kier alpha value is -1.55. The van der Waals surface area contributed by atoms with Crippen LogP contribution in [0.25, 0.3) is 0 Å². The highest BCUT2D eigenvalue weighted by atomic mass is 16.5. The minimum Gasteiger partial charge on any atom is -0.453 e. The zero-order chi connectivity index (χ0) is 14.7. The van der Waals surface area contributed by atoms with Gasteiger partial charge in [0.1, 0.15) is 0 Å². The molecular weight excluding hydrogens is 252 g/mol. The lowest BCUT2D eigenvalue weighted by molar-refractivity contribution is 0.0970. The van der Waals surface area contributed by atoms with E-state index in [4.69, 9.17) is 10.5 Å². The minimum absolute atomic E-state index is 0.248. The number of hydrogen-bond donors (Lipinski definition) is 1. The van der Waals surface area contributed by atoms with Gasteiger partial charge in [0.15, 0.2) is 0 Å². The Morgan fingerprint density at radius 2 is 2.00 bits per heavy atom. The summed E-state index contributed by atoms with van der Waals surface area (Å²) in [6, 6.07) is 6.67. The highest BCUT2D eigenvalue weighted by molar-refractivity contribution is 5.67. The van der Waals surface area contributed by atoms with Crippen molar-refractivity contribution in [1.82, 2.24) is 4.90 Å². The molecule has 0 bridgehead atoms. The second kappa shape index (κ2) is 6.27. The predicted octanol–water partition coefficient (Wildman–Crippen LogP) is 2.43. The largest absolute Gasteiger partial charge is 0.453 e. The summed E-state index contributed by atoms with van der Waals surface area (Å²) in [5.41, 5.74) is 9.85. The van der Waals surface area contributed by atoms with Crippen LogP contribution in [-0.2, 0) is 4.74 Å². The molecule has 2 atom stereocenters. The van der Waals surface area contributed by atoms with E-state index in [0.717, 1.165) is 13.0 Å². The van der Waals surface area contributed by atoms with E-state index in [-0.39, 0.29) is 6.09 Å². The molecule has 0 aromatic heterocycles. The van der Waals surface area contributed by atoms with Crippen LogP contribution >= 0.6 is 0 Å². The molecule has 2 rings (SSSR count). The van der Waals surface area contributed by atoms with Gasteiger partial charge in [-0.05, 0) is 44.2 Å². The Kier molecular flexibility index (Phi) is 4.65. The monoisotopic (exact) mass is 276 g/mol. The topological polar surface area (TPSA) is 55.6 Å². The standard InChI is InChI=1S/C16H24N2O2/c1-11-6-12(2)8-13(7-11)15-4-5-18(16(19)20-3)10-14(15)9-17/h6-8,14-15H,4-5,9-10,17H2,1-3H3. The Balaban J connectivity index is 2.18. The number of carbonyl (C=O) groups is 1. The molecule has 110 valence electrons. The van der Waals surface area contributed by atoms with Crippen molar-refractivity contribution in [1.29, 1.82) is 0 Å². The Morgan fingerprint density at radius 3 is 2.55 bits per heavy atom. The summed E-state index contributed by atoms with van der Waals surface area (Å²) in [6.07, 6.45) is 0.696. The minimum atomic E-state index is -0.248. The number of likely N-dealkylation sites (tertiary alicyclic amines) is 1. The maximum Gasteiger partial charge on any atom is 0.409 e. The molecular formula is C16H24N2O2. The summed E-state index contributed by atoms with van der Waals surface area (Å²) in [4.78, 5) is 13.4. The smallest absolute Gasteiger partial charge is 0.409 e. The fraction of sp³-hybridized carbons (Fsp3) is 0.562. The van der Waals surface area contributed by atoms with Gasteiger partial charge in [-0.25, -0.2) is 4.79 Å². The van der Waals surface area contributed by atoms with Gasteiger partial charge >= 0.3 is 6.09 Å². The summed E-state index contributed by atoms with van der Waals surface area (Å²) in [6.45, 7) is 6.25. The molecule has 1 aliphatic heterocycles. The van der Waals surface area contributed by atoms with Gasteiger partial charge in [0, 0.05) is 13.1 Å². The van der Waals surface area contributed by atoms with Gasteiger partial charge < -0.3 is 15.4 Å². The molecule has 1 heterocycles. The molecule has 20 heavy (non-hydrogen) atoms. The number of nitrogens with two attached hydrogens (primary N) is 1. The number of hydrogen-bond acceptors (Lipinski definition) is 3. The Bertz CT molecular complexity index is 467. The van der Waals surface area contributed by atoms with Crippen LogP contribution in [-0.4, -0.2) is 37.7 Å². The first-order chi connectivity index (χ1) is 9.55. The third kappa shape index (κ3) is 3.12. The SMILES string of the molecule is COC(=O)N1CCC(c2cc(C)cc(C)c2)C(CN)C1. The van der Waals surface area contributed by atoms with Crippen LogP contribution in [0.1, 0.15) is 29.0 Å². The predicted molar refractivity (Wildman–Crippen MR) is 79.8 cm³/mol. The number of ether oxygens (including phenoxy) is 1. The van der Waals surface area contributed by atoms with Crippen molar-refractivity contribution in [2.75, 3.05) is 26.7 Å². The van der Waals surface area contributed by atoms with Gasteiger partial charge in [-0.1, -0.05) is 29.3 Å². The number of piperidine rings is 1. The third-order valence-corrected chi connectivity index (χ3v) is 4.14. The molecule has 1 aromatic rings. The second-order valence-corrected chi connectivity index (χ2v) is 5.73. The molecule has 1 aliphatic rings. The normalized spacial score (nSPS) is 22.7. The van der Waals surface area contributed by atoms with Crippen LogP contribution in [0.3, 0.4) is 0 Å². The average Bonchev–Trinajstić information content (AvgIpc) is 2.44. The van der Waals surface area contributed by atoms with Crippen molar-refractivity contribution < 1.29 is 9.53 Å². The molecule has 0 radical (unpaired) electrons. The number of aryl methyl sites for hydroxylation is 2. The Labute approximate surface area is 120 Å². The number of rotatable bonds is 2. The van der Waals surface area contributed by atoms with E-state index < -0.39 is 0 Å². The molecule has 1 aromatic carbocycles. The zero-order valence-electron chi connectivity index (χ0n) is 12.6. The molecule has 1 amide bonds. The summed E-state index contributed by atoms with van der Waals surface area (Å²) >= 11 is 0. The third-order valence-electron chi connectivity index (χ3n) is 4.14. The lowest BCUT2D eigenvalue weighted by Crippen LogP contribution is -2.45. The quantitative estimate of drug-likeness (QED) is 0.902. The van der Waals surface area contributed by atoms with Crippen LogP contribution < -0.4 is 5.73 Å². The van der Waals surface area contributed by atoms with Gasteiger partial charge in [-0.15, -0.1) is 0 Å². The van der Waals surface area contributed by atoms with Gasteiger partial charge in [-0.2, -0.15) is 0 Å². The van der Waals surface area contributed by atoms with Crippen LogP contribution in [0, 0.1) is 19.8 Å². The lowest BCUT2D eigenvalue weighted by atomic mass is 9.79. The zero-order valence-corrected chi connectivity index (χ0v) is 12.6. The molecule has 4 heteroatoms. The van der Waals surface area contributed by atoms with Gasteiger partial charge in [0.25, 0.3) is 0 Å². The van der Waals surface area contributed by atoms with Crippen molar-refractivity contribution in [3.63, 3.8) is 0 Å². The van der Waals surface area contributed by atoms with Crippen molar-refractivity contribution in [2.45, 2.75) is 26.2 Å². The summed E-state index contributed by atoms with van der Waals surface area (Å²) in [5.74, 6) is 0.726. The first-order valence-corrected chi connectivity index (χ1v) is 7.16. The summed E-state index contributed by atoms with van der Waals surface area (Å²) in [5, 5.41) is 0. The molecule has 0 aliphatic carbocycles. The molecule has 2 unspecified atom stereocenters. The van der Waals surface area contributed by atoms with E-state index in [0.29, 0.717) is 24.9 Å².